The van der Waals surface area contributed by atoms with Gasteiger partial charge in [0, 0.05) is 12.4 Å². The average Bonchev–Trinajstić information content (AvgIpc) is 3.38. The Hall–Kier alpha value is 1.68. The maximum Gasteiger partial charge on any atom is 1.00 e. The number of hydrogen-bond acceptors (Lipinski definition) is 25. The van der Waals surface area contributed by atoms with Crippen molar-refractivity contribution >= 4 is 42.9 Å². The predicted molar refractivity (Wildman–Crippen MR) is 143 cm³/mol. The fraction of sp³-hybridized carbons (Fsp3) is 0.556. The van der Waals surface area contributed by atoms with Crippen molar-refractivity contribution in [3.63, 3.8) is 0 Å². The number of aromatic nitrogens is 4. The second-order valence-electron chi connectivity index (χ2n) is 9.80. The third-order valence-corrected chi connectivity index (χ3v) is 12.1. The molecule has 53 heavy (non-hydrogen) atoms. The van der Waals surface area contributed by atoms with E-state index in [9.17, 15) is 67.8 Å². The van der Waals surface area contributed by atoms with Crippen molar-refractivity contribution in [1.82, 2.24) is 19.1 Å². The molecule has 2 saturated heterocycles. The third kappa shape index (κ3) is 15.0. The molecule has 0 radical (unpaired) electrons. The van der Waals surface area contributed by atoms with Crippen molar-refractivity contribution < 1.29 is 208 Å². The molecule has 0 aliphatic carbocycles. The van der Waals surface area contributed by atoms with Crippen LogP contribution in [0.2, 0.25) is 0 Å². The molecule has 2 aromatic heterocycles. The molecule has 2 aliphatic rings. The van der Waals surface area contributed by atoms with Gasteiger partial charge in [-0.05, 0) is 12.1 Å². The summed E-state index contributed by atoms with van der Waals surface area (Å²) in [6, 6.07) is 2.24. The van der Waals surface area contributed by atoms with Crippen molar-refractivity contribution in [1.29, 1.82) is 0 Å². The Balaban J connectivity index is 0.00000676. The molecular formula is C18H24N6Na4O21P4. The second-order valence-corrected chi connectivity index (χ2v) is 15.9. The van der Waals surface area contributed by atoms with Crippen molar-refractivity contribution in [2.45, 2.75) is 49.1 Å². The summed E-state index contributed by atoms with van der Waals surface area (Å²) in [5.74, 6) is -0.411. The van der Waals surface area contributed by atoms with Gasteiger partial charge in [0.05, 0.1) is 13.2 Å². The molecule has 2 aromatic rings. The van der Waals surface area contributed by atoms with Gasteiger partial charge in [-0.2, -0.15) is 9.97 Å². The molecular weight excluding hydrogens is 852 g/mol. The monoisotopic (exact) mass is 876 g/mol. The summed E-state index contributed by atoms with van der Waals surface area (Å²) in [5, 5.41) is 40.7. The Bertz CT molecular complexity index is 1730. The van der Waals surface area contributed by atoms with Crippen LogP contribution in [0.25, 0.3) is 0 Å². The van der Waals surface area contributed by atoms with Crippen molar-refractivity contribution in [2.75, 3.05) is 24.7 Å². The Morgan fingerprint density at radius 2 is 0.925 bits per heavy atom. The van der Waals surface area contributed by atoms with Crippen LogP contribution in [-0.4, -0.2) is 89.4 Å². The molecule has 12 atom stereocenters. The molecule has 2 fully saturated rings. The quantitative estimate of drug-likeness (QED) is 0.0758. The van der Waals surface area contributed by atoms with Crippen LogP contribution < -0.4 is 161 Å². The zero-order valence-electron chi connectivity index (χ0n) is 27.8. The summed E-state index contributed by atoms with van der Waals surface area (Å²) in [6.07, 6.45) is -12.5. The van der Waals surface area contributed by atoms with E-state index in [0.717, 1.165) is 24.5 Å². The maximum atomic E-state index is 12.1. The van der Waals surface area contributed by atoms with E-state index in [2.05, 4.69) is 31.9 Å². The number of ether oxygens (including phenoxy) is 2. The summed E-state index contributed by atoms with van der Waals surface area (Å²) in [7, 11) is -25.5. The summed E-state index contributed by atoms with van der Waals surface area (Å²) in [5.41, 5.74) is 8.62. The molecule has 4 rings (SSSR count). The van der Waals surface area contributed by atoms with E-state index in [1.54, 1.807) is 0 Å². The van der Waals surface area contributed by atoms with Crippen LogP contribution in [0, 0.1) is 0 Å². The molecule has 27 nitrogen and oxygen atoms in total. The SMILES string of the molecule is Nc1ccn([C@@H]2O[C@H](COP(=O)([O-])OP(=O)([O-])OP(=O)([O-])OP(=O)([O-])OC[C@H]3O[C@@H](n4ccc(N)nc4=O)[C@H](O)[C@@H]3O)[C@@H](O)[C@H]2O)c(=O)n1.[Na+].[Na+].[Na+].[Na+]. The third-order valence-electron chi connectivity index (χ3n) is 6.32. The van der Waals surface area contributed by atoms with E-state index in [-0.39, 0.29) is 130 Å². The van der Waals surface area contributed by atoms with E-state index in [4.69, 9.17) is 20.9 Å². The fourth-order valence-corrected chi connectivity index (χ4v) is 8.96. The first kappa shape index (κ1) is 54.7. The van der Waals surface area contributed by atoms with E-state index in [1.165, 1.54) is 0 Å². The zero-order chi connectivity index (χ0) is 36.7. The number of anilines is 2. The normalized spacial score (nSPS) is 29.7. The predicted octanol–water partition coefficient (Wildman–Crippen LogP) is -18.1. The smallest absolute Gasteiger partial charge is 0.756 e. The van der Waals surface area contributed by atoms with E-state index < -0.39 is 105 Å². The standard InChI is InChI=1S/C18H28N6O21P4.4Na/c19-9-1-3-23(17(29)21-9)15-13(27)11(25)7(41-15)5-39-46(31,32)43-48(35,36)45-49(37,38)44-47(33,34)40-6-8-12(26)14(28)16(42-8)24-4-2-10(20)22-18(24)30;;;;/h1-4,7-8,11-16,25-28H,5-6H2,(H,31,32)(H,33,34)(H,35,36)(H,37,38)(H2,19,21,29)(H2,20,22,30);;;;/q;4*+1/p-4/t7-,8-,11-,12-,13-,14-,15-,16-;;;;/m1..../s1. The van der Waals surface area contributed by atoms with Gasteiger partial charge in [0.15, 0.2) is 12.5 Å². The molecule has 2 aliphatic heterocycles. The van der Waals surface area contributed by atoms with Gasteiger partial charge in [-0.15, -0.1) is 0 Å². The Kier molecular flexibility index (Phi) is 22.5. The summed E-state index contributed by atoms with van der Waals surface area (Å²) in [6.45, 7) is -2.59. The van der Waals surface area contributed by atoms with Crippen molar-refractivity contribution in [2.24, 2.45) is 0 Å². The minimum absolute atomic E-state index is 0. The average molecular weight is 876 g/mol. The van der Waals surface area contributed by atoms with Crippen LogP contribution in [0.3, 0.4) is 0 Å². The number of phosphoric acid groups is 4. The number of phosphoric ester groups is 2. The number of nitrogens with two attached hydrogens (primary N) is 2. The van der Waals surface area contributed by atoms with Gasteiger partial charge in [0.2, 0.25) is 0 Å². The Labute approximate surface area is 384 Å². The largest absolute Gasteiger partial charge is 1.00 e. The van der Waals surface area contributed by atoms with Gasteiger partial charge in [-0.25, -0.2) is 22.5 Å². The molecule has 4 unspecified atom stereocenters. The molecule has 4 heterocycles. The topological polar surface area (TPSA) is 428 Å². The Morgan fingerprint density at radius 3 is 1.23 bits per heavy atom. The molecule has 0 spiro atoms. The molecule has 0 saturated carbocycles. The first-order valence-corrected chi connectivity index (χ1v) is 18.7. The molecule has 35 heteroatoms. The fourth-order valence-electron chi connectivity index (χ4n) is 4.21. The Morgan fingerprint density at radius 1 is 0.623 bits per heavy atom. The van der Waals surface area contributed by atoms with Gasteiger partial charge in [-0.1, -0.05) is 0 Å². The minimum atomic E-state index is -6.62. The summed E-state index contributed by atoms with van der Waals surface area (Å²) >= 11 is 0. The van der Waals surface area contributed by atoms with E-state index in [1.807, 2.05) is 0 Å². The van der Waals surface area contributed by atoms with Crippen molar-refractivity contribution in [3.8, 4) is 0 Å². The van der Waals surface area contributed by atoms with Gasteiger partial charge in [0.25, 0.3) is 31.3 Å². The van der Waals surface area contributed by atoms with Gasteiger partial charge >= 0.3 is 130 Å². The van der Waals surface area contributed by atoms with Crippen LogP contribution in [0.5, 0.6) is 0 Å². The zero-order valence-corrected chi connectivity index (χ0v) is 39.4. The van der Waals surface area contributed by atoms with Gasteiger partial charge < -0.3 is 70.0 Å². The number of aliphatic hydroxyl groups is 4. The first-order chi connectivity index (χ1) is 22.5. The summed E-state index contributed by atoms with van der Waals surface area (Å²) in [4.78, 5) is 78.8. The number of rotatable bonds is 14. The first-order valence-electron chi connectivity index (χ1n) is 12.9. The van der Waals surface area contributed by atoms with Gasteiger partial charge in [-0.3, -0.25) is 27.4 Å². The van der Waals surface area contributed by atoms with Gasteiger partial charge in [0.1, 0.15) is 48.3 Å². The van der Waals surface area contributed by atoms with Crippen LogP contribution in [-0.2, 0) is 49.7 Å². The minimum Gasteiger partial charge on any atom is -0.756 e. The number of nitrogen functional groups attached to an aromatic ring is 2. The van der Waals surface area contributed by atoms with Crippen LogP contribution >= 0.6 is 31.3 Å². The molecule has 276 valence electrons. The number of hydrogen-bond donors (Lipinski definition) is 6. The molecule has 0 bridgehead atoms. The molecule has 0 aromatic carbocycles. The summed E-state index contributed by atoms with van der Waals surface area (Å²) < 4.78 is 78.7. The van der Waals surface area contributed by atoms with Crippen LogP contribution in [0.15, 0.2) is 34.1 Å². The molecule has 8 N–H and O–H groups in total. The van der Waals surface area contributed by atoms with E-state index in [0.29, 0.717) is 9.13 Å². The number of nitrogens with zero attached hydrogens (tertiary/aromatic N) is 4. The van der Waals surface area contributed by atoms with E-state index >= 15 is 0 Å². The van der Waals surface area contributed by atoms with Crippen LogP contribution in [0.4, 0.5) is 11.6 Å². The second kappa shape index (κ2) is 21.8. The van der Waals surface area contributed by atoms with Crippen LogP contribution in [0.1, 0.15) is 12.5 Å². The molecule has 0 amide bonds. The van der Waals surface area contributed by atoms with Crippen molar-refractivity contribution in [3.05, 3.63) is 45.5 Å². The number of aliphatic hydroxyl groups excluding tert-OH is 4. The maximum absolute atomic E-state index is 12.1.